The number of aromatic nitrogens is 1. The minimum Gasteiger partial charge on any atom is -0.336 e. The molecule has 1 aromatic heterocycles. The quantitative estimate of drug-likeness (QED) is 0.647. The second kappa shape index (κ2) is 10.6. The van der Waals surface area contributed by atoms with Crippen LogP contribution in [0, 0.1) is 5.92 Å². The van der Waals surface area contributed by atoms with Gasteiger partial charge < -0.3 is 9.88 Å². The Morgan fingerprint density at radius 1 is 1.03 bits per heavy atom. The molecule has 2 aromatic rings. The van der Waals surface area contributed by atoms with Gasteiger partial charge in [0, 0.05) is 62.8 Å². The molecule has 186 valence electrons. The zero-order chi connectivity index (χ0) is 24.3. The molecule has 0 bridgehead atoms. The third-order valence-corrected chi connectivity index (χ3v) is 9.33. The van der Waals surface area contributed by atoms with Gasteiger partial charge in [0.15, 0.2) is 0 Å². The fourth-order valence-corrected chi connectivity index (χ4v) is 6.81. The number of hydrogen-bond donors (Lipinski definition) is 1. The SMILES string of the molecule is CCN(CC)S(=O)(=O)c1ccc2[nH]c(=O)cc(C(=O)N3CCN(CC4CCCCC4)CC3)c2c1. The molecule has 1 amide bonds. The van der Waals surface area contributed by atoms with Crippen LogP contribution in [0.3, 0.4) is 0 Å². The van der Waals surface area contributed by atoms with Gasteiger partial charge >= 0.3 is 0 Å². The molecule has 8 nitrogen and oxygen atoms in total. The smallest absolute Gasteiger partial charge is 0.254 e. The van der Waals surface area contributed by atoms with E-state index < -0.39 is 10.0 Å². The number of nitrogens with one attached hydrogen (secondary N) is 1. The highest BCUT2D eigenvalue weighted by Crippen LogP contribution is 2.26. The average molecular weight is 489 g/mol. The first kappa shape index (κ1) is 24.9. The van der Waals surface area contributed by atoms with Crippen LogP contribution in [0.25, 0.3) is 10.9 Å². The number of carbonyl (C=O) groups is 1. The number of carbonyl (C=O) groups excluding carboxylic acids is 1. The normalized spacial score (nSPS) is 18.6. The van der Waals surface area contributed by atoms with Gasteiger partial charge in [0.1, 0.15) is 0 Å². The lowest BCUT2D eigenvalue weighted by molar-refractivity contribution is 0.0608. The zero-order valence-electron chi connectivity index (χ0n) is 20.3. The van der Waals surface area contributed by atoms with Crippen LogP contribution in [0.15, 0.2) is 34.0 Å². The minimum atomic E-state index is -3.68. The van der Waals surface area contributed by atoms with Crippen LogP contribution < -0.4 is 5.56 Å². The van der Waals surface area contributed by atoms with Crippen molar-refractivity contribution in [1.82, 2.24) is 19.1 Å². The monoisotopic (exact) mass is 488 g/mol. The van der Waals surface area contributed by atoms with Crippen molar-refractivity contribution in [2.24, 2.45) is 5.92 Å². The number of H-pyrrole nitrogens is 1. The van der Waals surface area contributed by atoms with Gasteiger partial charge in [-0.1, -0.05) is 33.1 Å². The van der Waals surface area contributed by atoms with E-state index in [-0.39, 0.29) is 21.9 Å². The highest BCUT2D eigenvalue weighted by Gasteiger charge is 2.27. The van der Waals surface area contributed by atoms with Crippen LogP contribution in [0.4, 0.5) is 0 Å². The molecule has 0 spiro atoms. The van der Waals surface area contributed by atoms with Crippen molar-refractivity contribution in [3.05, 3.63) is 40.2 Å². The highest BCUT2D eigenvalue weighted by molar-refractivity contribution is 7.89. The van der Waals surface area contributed by atoms with Gasteiger partial charge in [-0.05, 0) is 37.0 Å². The van der Waals surface area contributed by atoms with E-state index in [0.717, 1.165) is 25.6 Å². The lowest BCUT2D eigenvalue weighted by Gasteiger charge is -2.37. The summed E-state index contributed by atoms with van der Waals surface area (Å²) in [6, 6.07) is 5.88. The van der Waals surface area contributed by atoms with E-state index in [0.29, 0.717) is 37.1 Å². The lowest BCUT2D eigenvalue weighted by Crippen LogP contribution is -2.50. The molecule has 1 aliphatic carbocycles. The second-order valence-electron chi connectivity index (χ2n) is 9.44. The number of hydrogen-bond acceptors (Lipinski definition) is 5. The molecule has 9 heteroatoms. The summed E-state index contributed by atoms with van der Waals surface area (Å²) in [4.78, 5) is 32.8. The lowest BCUT2D eigenvalue weighted by atomic mass is 9.89. The number of nitrogens with zero attached hydrogens (tertiary/aromatic N) is 3. The van der Waals surface area contributed by atoms with Crippen molar-refractivity contribution in [3.8, 4) is 0 Å². The van der Waals surface area contributed by atoms with Crippen molar-refractivity contribution in [2.45, 2.75) is 50.8 Å². The molecule has 0 atom stereocenters. The molecule has 1 aromatic carbocycles. The van der Waals surface area contributed by atoms with E-state index in [4.69, 9.17) is 0 Å². The topological polar surface area (TPSA) is 93.8 Å². The van der Waals surface area contributed by atoms with Crippen LogP contribution in [0.2, 0.25) is 0 Å². The summed E-state index contributed by atoms with van der Waals surface area (Å²) in [6.07, 6.45) is 6.60. The highest BCUT2D eigenvalue weighted by atomic mass is 32.2. The molecule has 1 saturated carbocycles. The summed E-state index contributed by atoms with van der Waals surface area (Å²) < 4.78 is 27.5. The predicted octanol–water partition coefficient (Wildman–Crippen LogP) is 2.90. The van der Waals surface area contributed by atoms with Crippen LogP contribution in [-0.4, -0.2) is 79.2 Å². The number of sulfonamides is 1. The van der Waals surface area contributed by atoms with E-state index >= 15 is 0 Å². The molecule has 1 aliphatic heterocycles. The molecular formula is C25H36N4O4S. The number of aromatic amines is 1. The first-order chi connectivity index (χ1) is 16.3. The maximum atomic E-state index is 13.5. The van der Waals surface area contributed by atoms with Gasteiger partial charge in [-0.15, -0.1) is 0 Å². The van der Waals surface area contributed by atoms with Gasteiger partial charge in [0.05, 0.1) is 10.5 Å². The third-order valence-electron chi connectivity index (χ3n) is 7.29. The molecular weight excluding hydrogens is 452 g/mol. The number of amides is 1. The van der Waals surface area contributed by atoms with E-state index in [2.05, 4.69) is 9.88 Å². The molecule has 2 fully saturated rings. The minimum absolute atomic E-state index is 0.127. The van der Waals surface area contributed by atoms with Crippen molar-refractivity contribution in [1.29, 1.82) is 0 Å². The van der Waals surface area contributed by atoms with Crippen LogP contribution in [0.1, 0.15) is 56.3 Å². The molecule has 34 heavy (non-hydrogen) atoms. The molecule has 2 heterocycles. The summed E-state index contributed by atoms with van der Waals surface area (Å²) in [7, 11) is -3.68. The molecule has 0 radical (unpaired) electrons. The molecule has 4 rings (SSSR count). The number of piperazine rings is 1. The Morgan fingerprint density at radius 3 is 2.35 bits per heavy atom. The zero-order valence-corrected chi connectivity index (χ0v) is 21.1. The van der Waals surface area contributed by atoms with Gasteiger partial charge in [-0.3, -0.25) is 14.5 Å². The van der Waals surface area contributed by atoms with Gasteiger partial charge in [-0.25, -0.2) is 8.42 Å². The molecule has 0 unspecified atom stereocenters. The van der Waals surface area contributed by atoms with E-state index in [1.165, 1.54) is 54.6 Å². The maximum absolute atomic E-state index is 13.5. The fraction of sp³-hybridized carbons (Fsp3) is 0.600. The van der Waals surface area contributed by atoms with Gasteiger partial charge in [-0.2, -0.15) is 4.31 Å². The Kier molecular flexibility index (Phi) is 7.74. The molecule has 2 aliphatic rings. The summed E-state index contributed by atoms with van der Waals surface area (Å²) >= 11 is 0. The Morgan fingerprint density at radius 2 is 1.71 bits per heavy atom. The van der Waals surface area contributed by atoms with Crippen molar-refractivity contribution >= 4 is 26.8 Å². The molecule has 1 saturated heterocycles. The number of rotatable bonds is 7. The molecule has 1 N–H and O–H groups in total. The average Bonchev–Trinajstić information content (AvgIpc) is 2.84. The summed E-state index contributed by atoms with van der Waals surface area (Å²) in [6.45, 7) is 8.27. The van der Waals surface area contributed by atoms with Crippen LogP contribution in [-0.2, 0) is 10.0 Å². The van der Waals surface area contributed by atoms with E-state index in [1.54, 1.807) is 24.8 Å². The van der Waals surface area contributed by atoms with Gasteiger partial charge in [0.2, 0.25) is 15.6 Å². The summed E-state index contributed by atoms with van der Waals surface area (Å²) in [5.74, 6) is 0.546. The van der Waals surface area contributed by atoms with Crippen molar-refractivity contribution in [3.63, 3.8) is 0 Å². The Balaban J connectivity index is 1.56. The Hall–Kier alpha value is -2.23. The second-order valence-corrected chi connectivity index (χ2v) is 11.4. The summed E-state index contributed by atoms with van der Waals surface area (Å²) in [5.41, 5.74) is 0.354. The predicted molar refractivity (Wildman–Crippen MR) is 134 cm³/mol. The fourth-order valence-electron chi connectivity index (χ4n) is 5.32. The first-order valence-corrected chi connectivity index (χ1v) is 14.0. The number of fused-ring (bicyclic) bond motifs is 1. The standard InChI is InChI=1S/C25H36N4O4S/c1-3-29(4-2)34(32,33)20-10-11-23-21(16-20)22(17-24(30)26-23)25(31)28-14-12-27(13-15-28)18-19-8-6-5-7-9-19/h10-11,16-17,19H,3-9,12-15,18H2,1-2H3,(H,26,30). The van der Waals surface area contributed by atoms with Crippen LogP contribution >= 0.6 is 0 Å². The van der Waals surface area contributed by atoms with E-state index in [9.17, 15) is 18.0 Å². The Bertz CT molecular complexity index is 1180. The summed E-state index contributed by atoms with van der Waals surface area (Å²) in [5, 5.41) is 0.461. The maximum Gasteiger partial charge on any atom is 0.254 e. The third kappa shape index (κ3) is 5.21. The number of benzene rings is 1. The van der Waals surface area contributed by atoms with Crippen molar-refractivity contribution < 1.29 is 13.2 Å². The van der Waals surface area contributed by atoms with Gasteiger partial charge in [0.25, 0.3) is 5.91 Å². The first-order valence-electron chi connectivity index (χ1n) is 12.5. The Labute approximate surface area is 202 Å². The number of pyridine rings is 1. The van der Waals surface area contributed by atoms with E-state index in [1.807, 2.05) is 0 Å². The van der Waals surface area contributed by atoms with Crippen LogP contribution in [0.5, 0.6) is 0 Å². The van der Waals surface area contributed by atoms with Crippen molar-refractivity contribution in [2.75, 3.05) is 45.8 Å². The largest absolute Gasteiger partial charge is 0.336 e.